The molecule has 0 saturated carbocycles. The molecule has 1 rings (SSSR count). The molecule has 0 atom stereocenters. The molecule has 0 amide bonds. The Morgan fingerprint density at radius 1 is 0.833 bits per heavy atom. The summed E-state index contributed by atoms with van der Waals surface area (Å²) in [5.41, 5.74) is 1.68. The van der Waals surface area contributed by atoms with Crippen molar-refractivity contribution in [3.63, 3.8) is 0 Å². The van der Waals surface area contributed by atoms with Crippen LogP contribution in [-0.2, 0) is 0 Å². The van der Waals surface area contributed by atoms with Crippen molar-refractivity contribution in [3.8, 4) is 0 Å². The van der Waals surface area contributed by atoms with Crippen LogP contribution in [0.4, 0.5) is 0 Å². The molecule has 0 aliphatic heterocycles. The molecule has 0 N–H and O–H groups in total. The molecule has 0 spiro atoms. The summed E-state index contributed by atoms with van der Waals surface area (Å²) in [5.74, 6) is 0. The summed E-state index contributed by atoms with van der Waals surface area (Å²) in [6, 6.07) is 0. The fourth-order valence-electron chi connectivity index (χ4n) is 0.851. The Hall–Kier alpha value is 0.570. The molecular weight excluding hydrogens is 282 g/mol. The zero-order valence-electron chi connectivity index (χ0n) is 6.51. The van der Waals surface area contributed by atoms with Crippen molar-refractivity contribution >= 4 is 50.7 Å². The van der Waals surface area contributed by atoms with E-state index in [0.717, 1.165) is 15.6 Å². The van der Waals surface area contributed by atoms with E-state index in [1.165, 1.54) is 0 Å². The van der Waals surface area contributed by atoms with Gasteiger partial charge < -0.3 is 0 Å². The standard InChI is InChI=1S/C8H6BrCl3/c1-3-5(9)6(10)4(2)8(12)7(3)11/h1-2H3. The Morgan fingerprint density at radius 3 is 1.75 bits per heavy atom. The van der Waals surface area contributed by atoms with Crippen LogP contribution in [0.2, 0.25) is 15.1 Å². The molecule has 0 aromatic heterocycles. The van der Waals surface area contributed by atoms with Gasteiger partial charge >= 0.3 is 0 Å². The number of benzene rings is 1. The molecule has 0 heterocycles. The minimum absolute atomic E-state index is 0.530. The molecule has 0 bridgehead atoms. The lowest BCUT2D eigenvalue weighted by Crippen LogP contribution is -1.86. The molecule has 1 aromatic carbocycles. The highest BCUT2D eigenvalue weighted by molar-refractivity contribution is 9.10. The second-order valence-corrected chi connectivity index (χ2v) is 4.43. The molecule has 0 nitrogen and oxygen atoms in total. The second-order valence-electron chi connectivity index (χ2n) is 2.51. The van der Waals surface area contributed by atoms with Crippen LogP contribution < -0.4 is 0 Å². The molecular formula is C8H6BrCl3. The predicted molar refractivity (Wildman–Crippen MR) is 58.6 cm³/mol. The van der Waals surface area contributed by atoms with Gasteiger partial charge in [0.25, 0.3) is 0 Å². The Bertz CT molecular complexity index is 229. The molecule has 12 heavy (non-hydrogen) atoms. The van der Waals surface area contributed by atoms with Gasteiger partial charge in [-0.15, -0.1) is 0 Å². The molecule has 1 aromatic rings. The smallest absolute Gasteiger partial charge is 0.0639 e. The third kappa shape index (κ3) is 1.60. The van der Waals surface area contributed by atoms with Crippen molar-refractivity contribution in [1.29, 1.82) is 0 Å². The summed E-state index contributed by atoms with van der Waals surface area (Å²) < 4.78 is 0.816. The highest BCUT2D eigenvalue weighted by Crippen LogP contribution is 2.39. The van der Waals surface area contributed by atoms with Crippen LogP contribution in [0.1, 0.15) is 11.1 Å². The summed E-state index contributed by atoms with van der Waals surface area (Å²) in [5, 5.41) is 1.72. The minimum Gasteiger partial charge on any atom is -0.0827 e. The minimum atomic E-state index is 0.530. The van der Waals surface area contributed by atoms with Gasteiger partial charge in [0.1, 0.15) is 0 Å². The van der Waals surface area contributed by atoms with Gasteiger partial charge in [0.2, 0.25) is 0 Å². The van der Waals surface area contributed by atoms with E-state index in [0.29, 0.717) is 15.1 Å². The maximum absolute atomic E-state index is 5.97. The monoisotopic (exact) mass is 286 g/mol. The van der Waals surface area contributed by atoms with Gasteiger partial charge in [-0.3, -0.25) is 0 Å². The van der Waals surface area contributed by atoms with Gasteiger partial charge in [-0.2, -0.15) is 0 Å². The van der Waals surface area contributed by atoms with Gasteiger partial charge in [0.15, 0.2) is 0 Å². The first-order valence-corrected chi connectivity index (χ1v) is 5.18. The average Bonchev–Trinajstić information content (AvgIpc) is 2.08. The van der Waals surface area contributed by atoms with Crippen LogP contribution in [0.3, 0.4) is 0 Å². The maximum Gasteiger partial charge on any atom is 0.0639 e. The normalized spacial score (nSPS) is 10.5. The number of rotatable bonds is 0. The number of hydrogen-bond acceptors (Lipinski definition) is 0. The Balaban J connectivity index is 3.60. The van der Waals surface area contributed by atoms with E-state index in [2.05, 4.69) is 15.9 Å². The summed E-state index contributed by atoms with van der Waals surface area (Å²) in [6.45, 7) is 3.70. The first-order valence-electron chi connectivity index (χ1n) is 3.26. The molecule has 0 aliphatic rings. The van der Waals surface area contributed by atoms with Crippen LogP contribution in [0.15, 0.2) is 4.47 Å². The van der Waals surface area contributed by atoms with E-state index in [1.807, 2.05) is 13.8 Å². The van der Waals surface area contributed by atoms with Crippen LogP contribution >= 0.6 is 50.7 Å². The van der Waals surface area contributed by atoms with Crippen LogP contribution in [-0.4, -0.2) is 0 Å². The zero-order chi connectivity index (χ0) is 9.46. The average molecular weight is 288 g/mol. The van der Waals surface area contributed by atoms with E-state index < -0.39 is 0 Å². The highest BCUT2D eigenvalue weighted by atomic mass is 79.9. The van der Waals surface area contributed by atoms with Crippen molar-refractivity contribution < 1.29 is 0 Å². The van der Waals surface area contributed by atoms with E-state index in [-0.39, 0.29) is 0 Å². The summed E-state index contributed by atoms with van der Waals surface area (Å²) >= 11 is 21.2. The third-order valence-electron chi connectivity index (χ3n) is 1.70. The fraction of sp³-hybridized carbons (Fsp3) is 0.250. The molecule has 4 heteroatoms. The zero-order valence-corrected chi connectivity index (χ0v) is 10.4. The second kappa shape index (κ2) is 3.75. The van der Waals surface area contributed by atoms with Crippen LogP contribution in [0, 0.1) is 13.8 Å². The van der Waals surface area contributed by atoms with Crippen molar-refractivity contribution in [1.82, 2.24) is 0 Å². The number of halogens is 4. The van der Waals surface area contributed by atoms with Gasteiger partial charge in [-0.25, -0.2) is 0 Å². The van der Waals surface area contributed by atoms with E-state index in [1.54, 1.807) is 0 Å². The summed E-state index contributed by atoms with van der Waals surface area (Å²) in [4.78, 5) is 0. The molecule has 0 aliphatic carbocycles. The van der Waals surface area contributed by atoms with Crippen LogP contribution in [0.25, 0.3) is 0 Å². The lowest BCUT2D eigenvalue weighted by atomic mass is 10.2. The quantitative estimate of drug-likeness (QED) is 0.588. The van der Waals surface area contributed by atoms with Crippen LogP contribution in [0.5, 0.6) is 0 Å². The maximum atomic E-state index is 5.97. The molecule has 0 radical (unpaired) electrons. The van der Waals surface area contributed by atoms with E-state index >= 15 is 0 Å². The topological polar surface area (TPSA) is 0 Å². The predicted octanol–water partition coefficient (Wildman–Crippen LogP) is 5.03. The van der Waals surface area contributed by atoms with Crippen molar-refractivity contribution in [3.05, 3.63) is 30.7 Å². The van der Waals surface area contributed by atoms with Crippen molar-refractivity contribution in [2.45, 2.75) is 13.8 Å². The van der Waals surface area contributed by atoms with Gasteiger partial charge in [0.05, 0.1) is 15.1 Å². The lowest BCUT2D eigenvalue weighted by Gasteiger charge is -2.09. The molecule has 0 unspecified atom stereocenters. The highest BCUT2D eigenvalue weighted by Gasteiger charge is 2.13. The van der Waals surface area contributed by atoms with E-state index in [9.17, 15) is 0 Å². The molecule has 0 fully saturated rings. The largest absolute Gasteiger partial charge is 0.0827 e. The molecule has 0 saturated heterocycles. The molecule has 66 valence electrons. The van der Waals surface area contributed by atoms with Crippen molar-refractivity contribution in [2.75, 3.05) is 0 Å². The Morgan fingerprint density at radius 2 is 1.25 bits per heavy atom. The SMILES string of the molecule is Cc1c(Cl)c(Cl)c(C)c(Br)c1Cl. The fourth-order valence-corrected chi connectivity index (χ4v) is 2.22. The van der Waals surface area contributed by atoms with Gasteiger partial charge in [-0.1, -0.05) is 34.8 Å². The Kier molecular flexibility index (Phi) is 3.33. The van der Waals surface area contributed by atoms with Gasteiger partial charge in [-0.05, 0) is 40.9 Å². The van der Waals surface area contributed by atoms with E-state index in [4.69, 9.17) is 34.8 Å². The third-order valence-corrected chi connectivity index (χ3v) is 4.44. The first-order chi connectivity index (χ1) is 5.46. The lowest BCUT2D eigenvalue weighted by molar-refractivity contribution is 1.36. The summed E-state index contributed by atoms with van der Waals surface area (Å²) in [6.07, 6.45) is 0. The number of hydrogen-bond donors (Lipinski definition) is 0. The van der Waals surface area contributed by atoms with Gasteiger partial charge in [0, 0.05) is 4.47 Å². The summed E-state index contributed by atoms with van der Waals surface area (Å²) in [7, 11) is 0. The van der Waals surface area contributed by atoms with Crippen molar-refractivity contribution in [2.24, 2.45) is 0 Å². The Labute approximate surface area is 94.9 Å². The first kappa shape index (κ1) is 10.6.